The second-order valence-corrected chi connectivity index (χ2v) is 6.75. The fourth-order valence-corrected chi connectivity index (χ4v) is 3.17. The quantitative estimate of drug-likeness (QED) is 0.810. The summed E-state index contributed by atoms with van der Waals surface area (Å²) in [7, 11) is 0. The number of amides is 1. The number of hydrogen-bond donors (Lipinski definition) is 0. The zero-order valence-corrected chi connectivity index (χ0v) is 14.3. The normalized spacial score (nSPS) is 15.7. The van der Waals surface area contributed by atoms with E-state index in [2.05, 4.69) is 12.1 Å². The Bertz CT molecular complexity index is 740. The van der Waals surface area contributed by atoms with Gasteiger partial charge in [-0.1, -0.05) is 36.4 Å². The molecule has 0 unspecified atom stereocenters. The standard InChI is InChI=1S/C21H23NO3/c23-21(18-7-8-18)22(11-10-16-4-2-1-3-5-16)15-17-6-9-19-20(14-17)25-13-12-24-19/h1-6,9,14,18H,7-8,10-13,15H2. The molecule has 0 N–H and O–H groups in total. The summed E-state index contributed by atoms with van der Waals surface area (Å²) in [4.78, 5) is 14.7. The fraction of sp³-hybridized carbons (Fsp3) is 0.381. The number of hydrogen-bond acceptors (Lipinski definition) is 3. The molecule has 0 atom stereocenters. The van der Waals surface area contributed by atoms with Crippen LogP contribution in [0.15, 0.2) is 48.5 Å². The summed E-state index contributed by atoms with van der Waals surface area (Å²) in [5, 5.41) is 0. The smallest absolute Gasteiger partial charge is 0.225 e. The van der Waals surface area contributed by atoms with Gasteiger partial charge in [0.15, 0.2) is 11.5 Å². The predicted molar refractivity (Wildman–Crippen MR) is 95.7 cm³/mol. The molecule has 130 valence electrons. The molecular formula is C21H23NO3. The molecule has 4 rings (SSSR count). The summed E-state index contributed by atoms with van der Waals surface area (Å²) in [6, 6.07) is 16.3. The lowest BCUT2D eigenvalue weighted by Gasteiger charge is -2.24. The van der Waals surface area contributed by atoms with E-state index in [1.165, 1.54) is 5.56 Å². The topological polar surface area (TPSA) is 38.8 Å². The molecule has 25 heavy (non-hydrogen) atoms. The molecule has 2 aromatic rings. The number of carbonyl (C=O) groups is 1. The molecule has 1 amide bonds. The van der Waals surface area contributed by atoms with Crippen LogP contribution in [0.1, 0.15) is 24.0 Å². The number of ether oxygens (including phenoxy) is 2. The highest BCUT2D eigenvalue weighted by Crippen LogP contribution is 2.33. The molecule has 2 aliphatic rings. The monoisotopic (exact) mass is 337 g/mol. The van der Waals surface area contributed by atoms with E-state index >= 15 is 0 Å². The maximum absolute atomic E-state index is 12.7. The summed E-state index contributed by atoms with van der Waals surface area (Å²) in [5.41, 5.74) is 2.35. The molecule has 1 heterocycles. The molecule has 1 saturated carbocycles. The second-order valence-electron chi connectivity index (χ2n) is 6.75. The van der Waals surface area contributed by atoms with Crippen molar-refractivity contribution in [2.24, 2.45) is 5.92 Å². The van der Waals surface area contributed by atoms with Crippen LogP contribution in [-0.4, -0.2) is 30.6 Å². The van der Waals surface area contributed by atoms with Crippen molar-refractivity contribution in [3.05, 3.63) is 59.7 Å². The van der Waals surface area contributed by atoms with Crippen molar-refractivity contribution >= 4 is 5.91 Å². The Labute approximate surface area is 148 Å². The summed E-state index contributed by atoms with van der Waals surface area (Å²) < 4.78 is 11.2. The van der Waals surface area contributed by atoms with Crippen molar-refractivity contribution in [1.29, 1.82) is 0 Å². The van der Waals surface area contributed by atoms with E-state index < -0.39 is 0 Å². The van der Waals surface area contributed by atoms with E-state index in [1.54, 1.807) is 0 Å². The Morgan fingerprint density at radius 2 is 1.72 bits per heavy atom. The van der Waals surface area contributed by atoms with Crippen LogP contribution in [0.2, 0.25) is 0 Å². The van der Waals surface area contributed by atoms with Crippen LogP contribution in [0.25, 0.3) is 0 Å². The highest BCUT2D eigenvalue weighted by Gasteiger charge is 2.33. The number of nitrogens with zero attached hydrogens (tertiary/aromatic N) is 1. The van der Waals surface area contributed by atoms with Gasteiger partial charge in [-0.2, -0.15) is 0 Å². The third kappa shape index (κ3) is 3.95. The van der Waals surface area contributed by atoms with E-state index in [9.17, 15) is 4.79 Å². The summed E-state index contributed by atoms with van der Waals surface area (Å²) >= 11 is 0. The Morgan fingerprint density at radius 3 is 2.48 bits per heavy atom. The first-order valence-corrected chi connectivity index (χ1v) is 9.01. The summed E-state index contributed by atoms with van der Waals surface area (Å²) in [6.45, 7) is 2.54. The van der Waals surface area contributed by atoms with E-state index in [0.717, 1.165) is 42.9 Å². The minimum Gasteiger partial charge on any atom is -0.486 e. The highest BCUT2D eigenvalue weighted by atomic mass is 16.6. The van der Waals surface area contributed by atoms with E-state index in [0.29, 0.717) is 19.8 Å². The van der Waals surface area contributed by atoms with Gasteiger partial charge >= 0.3 is 0 Å². The third-order valence-electron chi connectivity index (χ3n) is 4.73. The lowest BCUT2D eigenvalue weighted by atomic mass is 10.1. The number of benzene rings is 2. The number of rotatable bonds is 6. The van der Waals surface area contributed by atoms with Crippen LogP contribution in [-0.2, 0) is 17.8 Å². The summed E-state index contributed by atoms with van der Waals surface area (Å²) in [6.07, 6.45) is 2.94. The van der Waals surface area contributed by atoms with Crippen molar-refractivity contribution in [3.63, 3.8) is 0 Å². The van der Waals surface area contributed by atoms with Gasteiger partial charge in [0.05, 0.1) is 0 Å². The van der Waals surface area contributed by atoms with Gasteiger partial charge in [0.25, 0.3) is 0 Å². The lowest BCUT2D eigenvalue weighted by molar-refractivity contribution is -0.133. The van der Waals surface area contributed by atoms with Crippen molar-refractivity contribution < 1.29 is 14.3 Å². The van der Waals surface area contributed by atoms with Crippen LogP contribution >= 0.6 is 0 Å². The Hall–Kier alpha value is -2.49. The molecule has 1 fully saturated rings. The van der Waals surface area contributed by atoms with Crippen LogP contribution in [0.5, 0.6) is 11.5 Å². The van der Waals surface area contributed by atoms with Crippen molar-refractivity contribution in [2.75, 3.05) is 19.8 Å². The van der Waals surface area contributed by atoms with Crippen LogP contribution < -0.4 is 9.47 Å². The van der Waals surface area contributed by atoms with E-state index in [-0.39, 0.29) is 11.8 Å². The third-order valence-corrected chi connectivity index (χ3v) is 4.73. The average Bonchev–Trinajstić information content (AvgIpc) is 3.50. The maximum atomic E-state index is 12.7. The van der Waals surface area contributed by atoms with Crippen molar-refractivity contribution in [2.45, 2.75) is 25.8 Å². The molecule has 0 aromatic heterocycles. The largest absolute Gasteiger partial charge is 0.486 e. The molecule has 2 aromatic carbocycles. The van der Waals surface area contributed by atoms with Crippen molar-refractivity contribution in [3.8, 4) is 11.5 Å². The zero-order valence-electron chi connectivity index (χ0n) is 14.3. The van der Waals surface area contributed by atoms with Gasteiger partial charge in [-0.25, -0.2) is 0 Å². The lowest BCUT2D eigenvalue weighted by Crippen LogP contribution is -2.33. The van der Waals surface area contributed by atoms with E-state index in [1.807, 2.05) is 41.3 Å². The van der Waals surface area contributed by atoms with Crippen LogP contribution in [0.3, 0.4) is 0 Å². The number of fused-ring (bicyclic) bond motifs is 1. The van der Waals surface area contributed by atoms with Gasteiger partial charge in [0, 0.05) is 19.0 Å². The average molecular weight is 337 g/mol. The molecule has 1 aliphatic heterocycles. The molecule has 0 saturated heterocycles. The first-order valence-electron chi connectivity index (χ1n) is 9.01. The molecule has 1 aliphatic carbocycles. The fourth-order valence-electron chi connectivity index (χ4n) is 3.17. The molecule has 0 radical (unpaired) electrons. The molecule has 4 heteroatoms. The molecule has 0 bridgehead atoms. The Kier molecular flexibility index (Phi) is 4.59. The molecular weight excluding hydrogens is 314 g/mol. The van der Waals surface area contributed by atoms with Gasteiger partial charge in [0.2, 0.25) is 5.91 Å². The highest BCUT2D eigenvalue weighted by molar-refractivity contribution is 5.81. The molecule has 4 nitrogen and oxygen atoms in total. The Morgan fingerprint density at radius 1 is 0.960 bits per heavy atom. The SMILES string of the molecule is O=C(C1CC1)N(CCc1ccccc1)Cc1ccc2c(c1)OCCO2. The first kappa shape index (κ1) is 16.0. The predicted octanol–water partition coefficient (Wildman–Crippen LogP) is 3.44. The zero-order chi connectivity index (χ0) is 17.1. The summed E-state index contributed by atoms with van der Waals surface area (Å²) in [5.74, 6) is 2.09. The van der Waals surface area contributed by atoms with Gasteiger partial charge in [-0.15, -0.1) is 0 Å². The maximum Gasteiger partial charge on any atom is 0.225 e. The van der Waals surface area contributed by atoms with Gasteiger partial charge in [-0.05, 0) is 42.5 Å². The minimum atomic E-state index is 0.230. The number of carbonyl (C=O) groups excluding carboxylic acids is 1. The van der Waals surface area contributed by atoms with Crippen LogP contribution in [0.4, 0.5) is 0 Å². The minimum absolute atomic E-state index is 0.230. The first-order chi connectivity index (χ1) is 12.3. The molecule has 0 spiro atoms. The van der Waals surface area contributed by atoms with Crippen molar-refractivity contribution in [1.82, 2.24) is 4.90 Å². The Balaban J connectivity index is 1.47. The second kappa shape index (κ2) is 7.18. The van der Waals surface area contributed by atoms with E-state index in [4.69, 9.17) is 9.47 Å². The van der Waals surface area contributed by atoms with Crippen LogP contribution in [0, 0.1) is 5.92 Å². The van der Waals surface area contributed by atoms with Gasteiger partial charge in [0.1, 0.15) is 13.2 Å². The van der Waals surface area contributed by atoms with Gasteiger partial charge < -0.3 is 14.4 Å². The van der Waals surface area contributed by atoms with Gasteiger partial charge in [-0.3, -0.25) is 4.79 Å².